The predicted octanol–water partition coefficient (Wildman–Crippen LogP) is 6.25. The van der Waals surface area contributed by atoms with Gasteiger partial charge in [0.1, 0.15) is 0 Å². The second kappa shape index (κ2) is 11.4. The molecular formula is C26H28N2S2. The normalized spacial score (nSPS) is 11.3. The molecule has 0 aromatic heterocycles. The molecular weight excluding hydrogens is 404 g/mol. The number of benzene rings is 4. The maximum atomic E-state index is 3.58. The average molecular weight is 433 g/mol. The summed E-state index contributed by atoms with van der Waals surface area (Å²) in [6, 6.07) is 30.3. The molecule has 2 N–H and O–H groups in total. The van der Waals surface area contributed by atoms with Crippen molar-refractivity contribution in [1.82, 2.24) is 10.6 Å². The van der Waals surface area contributed by atoms with Crippen molar-refractivity contribution >= 4 is 43.1 Å². The van der Waals surface area contributed by atoms with E-state index in [2.05, 4.69) is 95.6 Å². The number of nitrogens with one attached hydrogen (secondary N) is 2. The molecule has 0 amide bonds. The monoisotopic (exact) mass is 432 g/mol. The van der Waals surface area contributed by atoms with Gasteiger partial charge in [-0.05, 0) is 32.7 Å². The van der Waals surface area contributed by atoms with Gasteiger partial charge in [0.2, 0.25) is 0 Å². The van der Waals surface area contributed by atoms with Gasteiger partial charge in [-0.1, -0.05) is 107 Å². The predicted molar refractivity (Wildman–Crippen MR) is 136 cm³/mol. The van der Waals surface area contributed by atoms with E-state index >= 15 is 0 Å². The molecule has 0 saturated carbocycles. The molecule has 0 saturated heterocycles. The third-order valence-electron chi connectivity index (χ3n) is 5.20. The van der Waals surface area contributed by atoms with Gasteiger partial charge in [0.15, 0.2) is 0 Å². The van der Waals surface area contributed by atoms with E-state index in [4.69, 9.17) is 0 Å². The minimum Gasteiger partial charge on any atom is -0.312 e. The number of hydrogen-bond donors (Lipinski definition) is 2. The Morgan fingerprint density at radius 2 is 0.933 bits per heavy atom. The summed E-state index contributed by atoms with van der Waals surface area (Å²) in [5, 5.41) is 12.5. The third-order valence-corrected chi connectivity index (χ3v) is 7.61. The first-order valence-electron chi connectivity index (χ1n) is 10.5. The second-order valence-electron chi connectivity index (χ2n) is 7.27. The number of fused-ring (bicyclic) bond motifs is 2. The van der Waals surface area contributed by atoms with Crippen LogP contribution in [0.1, 0.15) is 11.1 Å². The Balaban J connectivity index is 1.08. The van der Waals surface area contributed by atoms with Crippen molar-refractivity contribution in [2.24, 2.45) is 0 Å². The minimum absolute atomic E-state index is 0.930. The van der Waals surface area contributed by atoms with Gasteiger partial charge in [0.05, 0.1) is 0 Å². The fourth-order valence-corrected chi connectivity index (χ4v) is 5.58. The average Bonchev–Trinajstić information content (AvgIpc) is 2.80. The second-order valence-corrected chi connectivity index (χ2v) is 9.98. The van der Waals surface area contributed by atoms with Crippen LogP contribution >= 0.6 is 21.6 Å². The first-order valence-corrected chi connectivity index (χ1v) is 13.0. The largest absolute Gasteiger partial charge is 0.312 e. The Labute approximate surface area is 187 Å². The van der Waals surface area contributed by atoms with Crippen LogP contribution in [-0.4, -0.2) is 24.6 Å². The van der Waals surface area contributed by atoms with Gasteiger partial charge in [0.25, 0.3) is 0 Å². The lowest BCUT2D eigenvalue weighted by atomic mass is 10.0. The van der Waals surface area contributed by atoms with Crippen molar-refractivity contribution in [1.29, 1.82) is 0 Å². The van der Waals surface area contributed by atoms with E-state index in [1.54, 1.807) is 0 Å². The van der Waals surface area contributed by atoms with Crippen molar-refractivity contribution in [2.45, 2.75) is 13.1 Å². The third kappa shape index (κ3) is 5.79. The van der Waals surface area contributed by atoms with Crippen molar-refractivity contribution in [2.75, 3.05) is 24.6 Å². The summed E-state index contributed by atoms with van der Waals surface area (Å²) in [5.41, 5.74) is 2.76. The van der Waals surface area contributed by atoms with Crippen molar-refractivity contribution in [3.05, 3.63) is 96.1 Å². The van der Waals surface area contributed by atoms with E-state index in [9.17, 15) is 0 Å². The molecule has 0 atom stereocenters. The number of hydrogen-bond acceptors (Lipinski definition) is 4. The summed E-state index contributed by atoms with van der Waals surface area (Å²) in [6.45, 7) is 3.92. The van der Waals surface area contributed by atoms with Crippen LogP contribution in [-0.2, 0) is 13.1 Å². The topological polar surface area (TPSA) is 24.1 Å². The van der Waals surface area contributed by atoms with Crippen LogP contribution in [0.5, 0.6) is 0 Å². The van der Waals surface area contributed by atoms with Gasteiger partial charge in [-0.3, -0.25) is 0 Å². The molecule has 154 valence electrons. The Bertz CT molecular complexity index is 983. The maximum Gasteiger partial charge on any atom is 0.0212 e. The molecule has 0 spiro atoms. The van der Waals surface area contributed by atoms with Gasteiger partial charge in [-0.15, -0.1) is 0 Å². The van der Waals surface area contributed by atoms with Crippen molar-refractivity contribution in [3.8, 4) is 0 Å². The molecule has 30 heavy (non-hydrogen) atoms. The Hall–Kier alpha value is -1.98. The van der Waals surface area contributed by atoms with Gasteiger partial charge < -0.3 is 10.6 Å². The van der Waals surface area contributed by atoms with Gasteiger partial charge in [-0.25, -0.2) is 0 Å². The summed E-state index contributed by atoms with van der Waals surface area (Å²) in [5.74, 6) is 2.25. The molecule has 4 rings (SSSR count). The van der Waals surface area contributed by atoms with Crippen LogP contribution in [0.4, 0.5) is 0 Å². The molecule has 0 aliphatic heterocycles. The summed E-state index contributed by atoms with van der Waals surface area (Å²) >= 11 is 0. The van der Waals surface area contributed by atoms with Gasteiger partial charge >= 0.3 is 0 Å². The van der Waals surface area contributed by atoms with E-state index in [-0.39, 0.29) is 0 Å². The molecule has 0 aliphatic rings. The van der Waals surface area contributed by atoms with Crippen LogP contribution in [0.2, 0.25) is 0 Å². The lowest BCUT2D eigenvalue weighted by molar-refractivity contribution is 0.735. The van der Waals surface area contributed by atoms with Crippen LogP contribution < -0.4 is 10.6 Å². The van der Waals surface area contributed by atoms with E-state index < -0.39 is 0 Å². The fourth-order valence-electron chi connectivity index (χ4n) is 3.68. The Morgan fingerprint density at radius 1 is 0.500 bits per heavy atom. The quantitative estimate of drug-likeness (QED) is 0.216. The van der Waals surface area contributed by atoms with Crippen LogP contribution in [0.3, 0.4) is 0 Å². The molecule has 0 radical (unpaired) electrons. The number of rotatable bonds is 11. The molecule has 0 fully saturated rings. The van der Waals surface area contributed by atoms with Crippen LogP contribution in [0, 0.1) is 0 Å². The highest BCUT2D eigenvalue weighted by Gasteiger charge is 2.01. The molecule has 4 aromatic rings. The summed E-state index contributed by atoms with van der Waals surface area (Å²) in [7, 11) is 3.91. The van der Waals surface area contributed by atoms with E-state index in [0.717, 1.165) is 37.7 Å². The lowest BCUT2D eigenvalue weighted by Crippen LogP contribution is -2.17. The zero-order valence-corrected chi connectivity index (χ0v) is 18.8. The smallest absolute Gasteiger partial charge is 0.0212 e. The fraction of sp³-hybridized carbons (Fsp3) is 0.231. The molecule has 4 heteroatoms. The minimum atomic E-state index is 0.930. The van der Waals surface area contributed by atoms with Crippen molar-refractivity contribution in [3.63, 3.8) is 0 Å². The standard InChI is InChI=1S/C26H28N2S2/c1-3-13-25-21(7-1)9-5-11-23(25)19-27-15-17-29-30-18-16-28-20-24-12-6-10-22-8-2-4-14-26(22)24/h1-14,27-28H,15-20H2. The SMILES string of the molecule is c1ccc2c(CNCCSSCCNCc3cccc4ccccc34)cccc2c1. The molecule has 0 bridgehead atoms. The van der Waals surface area contributed by atoms with Gasteiger partial charge in [0, 0.05) is 37.7 Å². The maximum absolute atomic E-state index is 3.58. The molecule has 0 unspecified atom stereocenters. The first kappa shape index (κ1) is 21.3. The summed E-state index contributed by atoms with van der Waals surface area (Å²) in [6.07, 6.45) is 0. The van der Waals surface area contributed by atoms with Crippen LogP contribution in [0.25, 0.3) is 21.5 Å². The summed E-state index contributed by atoms with van der Waals surface area (Å²) < 4.78 is 0. The van der Waals surface area contributed by atoms with E-state index in [1.807, 2.05) is 21.6 Å². The lowest BCUT2D eigenvalue weighted by Gasteiger charge is -2.09. The van der Waals surface area contributed by atoms with Crippen molar-refractivity contribution < 1.29 is 0 Å². The van der Waals surface area contributed by atoms with E-state index in [0.29, 0.717) is 0 Å². The van der Waals surface area contributed by atoms with Crippen LogP contribution in [0.15, 0.2) is 84.9 Å². The van der Waals surface area contributed by atoms with E-state index in [1.165, 1.54) is 32.7 Å². The highest BCUT2D eigenvalue weighted by atomic mass is 33.1. The highest BCUT2D eigenvalue weighted by Crippen LogP contribution is 2.21. The zero-order chi connectivity index (χ0) is 20.4. The Morgan fingerprint density at radius 3 is 1.43 bits per heavy atom. The Kier molecular flexibility index (Phi) is 8.09. The highest BCUT2D eigenvalue weighted by molar-refractivity contribution is 8.76. The summed E-state index contributed by atoms with van der Waals surface area (Å²) in [4.78, 5) is 0. The molecule has 0 heterocycles. The van der Waals surface area contributed by atoms with Gasteiger partial charge in [-0.2, -0.15) is 0 Å². The zero-order valence-electron chi connectivity index (χ0n) is 17.1. The molecule has 0 aliphatic carbocycles. The first-order chi connectivity index (χ1) is 14.9. The molecule has 4 aromatic carbocycles. The molecule has 2 nitrogen and oxygen atoms in total.